The fourth-order valence-electron chi connectivity index (χ4n) is 4.30. The lowest BCUT2D eigenvalue weighted by Crippen LogP contribution is -2.48. The van der Waals surface area contributed by atoms with Crippen LogP contribution in [0.1, 0.15) is 50.4 Å². The quantitative estimate of drug-likeness (QED) is 0.771. The van der Waals surface area contributed by atoms with Crippen LogP contribution in [0, 0.1) is 5.92 Å². The van der Waals surface area contributed by atoms with Gasteiger partial charge in [-0.05, 0) is 45.7 Å². The highest BCUT2D eigenvalue weighted by Gasteiger charge is 2.40. The lowest BCUT2D eigenvalue weighted by molar-refractivity contribution is -0.132. The molecule has 2 fully saturated rings. The molecule has 3 rings (SSSR count). The lowest BCUT2D eigenvalue weighted by Gasteiger charge is -2.34. The molecule has 170 valence electrons. The van der Waals surface area contributed by atoms with Gasteiger partial charge in [0.2, 0.25) is 11.8 Å². The summed E-state index contributed by atoms with van der Waals surface area (Å²) in [6.45, 7) is 7.46. The summed E-state index contributed by atoms with van der Waals surface area (Å²) in [5.41, 5.74) is 0.138. The third-order valence-corrected chi connectivity index (χ3v) is 6.08. The molecule has 2 aliphatic heterocycles. The SMILES string of the molecule is COc1cccc(OC)c1C(=O)N1CCC(NC(=O)C2CC(=O)N(C(C)(C)C)C2)CC1. The van der Waals surface area contributed by atoms with Crippen molar-refractivity contribution in [3.8, 4) is 11.5 Å². The van der Waals surface area contributed by atoms with Crippen molar-refractivity contribution in [1.29, 1.82) is 0 Å². The van der Waals surface area contributed by atoms with Crippen molar-refractivity contribution in [2.45, 2.75) is 51.6 Å². The molecule has 8 heteroatoms. The molecule has 31 heavy (non-hydrogen) atoms. The Bertz CT molecular complexity index is 818. The zero-order chi connectivity index (χ0) is 22.8. The number of amides is 3. The molecule has 2 saturated heterocycles. The summed E-state index contributed by atoms with van der Waals surface area (Å²) in [5, 5.41) is 3.09. The average Bonchev–Trinajstić information content (AvgIpc) is 3.15. The van der Waals surface area contributed by atoms with E-state index in [0.717, 1.165) is 0 Å². The van der Waals surface area contributed by atoms with Crippen LogP contribution in [0.3, 0.4) is 0 Å². The van der Waals surface area contributed by atoms with Gasteiger partial charge in [-0.2, -0.15) is 0 Å². The molecule has 0 bridgehead atoms. The molecule has 2 heterocycles. The van der Waals surface area contributed by atoms with Crippen LogP contribution in [0.4, 0.5) is 0 Å². The van der Waals surface area contributed by atoms with E-state index in [-0.39, 0.29) is 41.6 Å². The van der Waals surface area contributed by atoms with Crippen molar-refractivity contribution < 1.29 is 23.9 Å². The molecule has 1 N–H and O–H groups in total. The van der Waals surface area contributed by atoms with E-state index in [0.29, 0.717) is 49.5 Å². The number of likely N-dealkylation sites (tertiary alicyclic amines) is 2. The van der Waals surface area contributed by atoms with E-state index in [1.165, 1.54) is 14.2 Å². The minimum absolute atomic E-state index is 0.00472. The molecule has 2 aliphatic rings. The van der Waals surface area contributed by atoms with Crippen molar-refractivity contribution in [1.82, 2.24) is 15.1 Å². The predicted octanol–water partition coefficient (Wildman–Crippen LogP) is 2.07. The summed E-state index contributed by atoms with van der Waals surface area (Å²) in [7, 11) is 3.06. The Hall–Kier alpha value is -2.77. The van der Waals surface area contributed by atoms with Crippen molar-refractivity contribution in [3.05, 3.63) is 23.8 Å². The van der Waals surface area contributed by atoms with Gasteiger partial charge in [-0.25, -0.2) is 0 Å². The van der Waals surface area contributed by atoms with Crippen LogP contribution < -0.4 is 14.8 Å². The van der Waals surface area contributed by atoms with Gasteiger partial charge in [0.25, 0.3) is 5.91 Å². The Morgan fingerprint density at radius 3 is 2.13 bits per heavy atom. The number of rotatable bonds is 5. The molecule has 8 nitrogen and oxygen atoms in total. The molecule has 3 amide bonds. The van der Waals surface area contributed by atoms with E-state index in [1.54, 1.807) is 28.0 Å². The van der Waals surface area contributed by atoms with E-state index in [1.807, 2.05) is 20.8 Å². The highest BCUT2D eigenvalue weighted by Crippen LogP contribution is 2.31. The van der Waals surface area contributed by atoms with Crippen LogP contribution in [-0.2, 0) is 9.59 Å². The monoisotopic (exact) mass is 431 g/mol. The summed E-state index contributed by atoms with van der Waals surface area (Å²) in [6.07, 6.45) is 1.59. The van der Waals surface area contributed by atoms with Gasteiger partial charge in [-0.3, -0.25) is 14.4 Å². The summed E-state index contributed by atoms with van der Waals surface area (Å²) < 4.78 is 10.7. The Labute approximate surface area is 183 Å². The van der Waals surface area contributed by atoms with Gasteiger partial charge in [0.15, 0.2) is 0 Å². The van der Waals surface area contributed by atoms with E-state index in [2.05, 4.69) is 5.32 Å². The number of benzene rings is 1. The van der Waals surface area contributed by atoms with Crippen LogP contribution in [0.2, 0.25) is 0 Å². The predicted molar refractivity (Wildman–Crippen MR) is 116 cm³/mol. The number of hydrogen-bond donors (Lipinski definition) is 1. The van der Waals surface area contributed by atoms with Gasteiger partial charge in [-0.15, -0.1) is 0 Å². The highest BCUT2D eigenvalue weighted by atomic mass is 16.5. The van der Waals surface area contributed by atoms with E-state index >= 15 is 0 Å². The zero-order valence-electron chi connectivity index (χ0n) is 19.1. The van der Waals surface area contributed by atoms with Crippen molar-refractivity contribution >= 4 is 17.7 Å². The van der Waals surface area contributed by atoms with Crippen LogP contribution in [0.5, 0.6) is 11.5 Å². The minimum atomic E-state index is -0.316. The maximum absolute atomic E-state index is 13.1. The van der Waals surface area contributed by atoms with Gasteiger partial charge in [0.1, 0.15) is 17.1 Å². The second kappa shape index (κ2) is 9.16. The average molecular weight is 432 g/mol. The first-order chi connectivity index (χ1) is 14.7. The first-order valence-electron chi connectivity index (χ1n) is 10.8. The maximum Gasteiger partial charge on any atom is 0.261 e. The molecular formula is C23H33N3O5. The Kier molecular flexibility index (Phi) is 6.77. The van der Waals surface area contributed by atoms with Crippen molar-refractivity contribution in [2.24, 2.45) is 5.92 Å². The number of nitrogens with zero attached hydrogens (tertiary/aromatic N) is 2. The summed E-state index contributed by atoms with van der Waals surface area (Å²) in [6, 6.07) is 5.26. The molecule has 1 aromatic rings. The number of nitrogens with one attached hydrogen (secondary N) is 1. The highest BCUT2D eigenvalue weighted by molar-refractivity contribution is 5.99. The van der Waals surface area contributed by atoms with E-state index < -0.39 is 0 Å². The number of piperidine rings is 1. The molecule has 0 radical (unpaired) electrons. The molecule has 1 atom stereocenters. The fraction of sp³-hybridized carbons (Fsp3) is 0.609. The van der Waals surface area contributed by atoms with Gasteiger partial charge in [0.05, 0.1) is 20.1 Å². The molecule has 1 aromatic carbocycles. The number of hydrogen-bond acceptors (Lipinski definition) is 5. The van der Waals surface area contributed by atoms with E-state index in [9.17, 15) is 14.4 Å². The molecule has 0 spiro atoms. The maximum atomic E-state index is 13.1. The van der Waals surface area contributed by atoms with Crippen LogP contribution in [0.15, 0.2) is 18.2 Å². The molecular weight excluding hydrogens is 398 g/mol. The van der Waals surface area contributed by atoms with Crippen LogP contribution in [-0.4, -0.2) is 73.0 Å². The second-order valence-electron chi connectivity index (χ2n) is 9.19. The Balaban J connectivity index is 1.57. The van der Waals surface area contributed by atoms with Gasteiger partial charge < -0.3 is 24.6 Å². The Morgan fingerprint density at radius 1 is 1.06 bits per heavy atom. The van der Waals surface area contributed by atoms with Crippen LogP contribution >= 0.6 is 0 Å². The fourth-order valence-corrected chi connectivity index (χ4v) is 4.30. The topological polar surface area (TPSA) is 88.2 Å². The minimum Gasteiger partial charge on any atom is -0.496 e. The van der Waals surface area contributed by atoms with Gasteiger partial charge in [0, 0.05) is 37.6 Å². The van der Waals surface area contributed by atoms with Crippen molar-refractivity contribution in [2.75, 3.05) is 33.9 Å². The standard InChI is InChI=1S/C23H33N3O5/c1-23(2,3)26-14-15(13-19(26)27)21(28)24-16-9-11-25(12-10-16)22(29)20-17(30-4)7-6-8-18(20)31-5/h6-8,15-16H,9-14H2,1-5H3,(H,24,28). The number of methoxy groups -OCH3 is 2. The molecule has 0 aromatic heterocycles. The first-order valence-corrected chi connectivity index (χ1v) is 10.8. The smallest absolute Gasteiger partial charge is 0.261 e. The molecule has 0 aliphatic carbocycles. The molecule has 0 saturated carbocycles. The van der Waals surface area contributed by atoms with Gasteiger partial charge >= 0.3 is 0 Å². The van der Waals surface area contributed by atoms with Crippen molar-refractivity contribution in [3.63, 3.8) is 0 Å². The number of carbonyl (C=O) groups is 3. The number of ether oxygens (including phenoxy) is 2. The lowest BCUT2D eigenvalue weighted by atomic mass is 10.0. The normalized spacial score (nSPS) is 20.0. The summed E-state index contributed by atoms with van der Waals surface area (Å²) in [4.78, 5) is 41.6. The third kappa shape index (κ3) is 4.94. The second-order valence-corrected chi connectivity index (χ2v) is 9.19. The Morgan fingerprint density at radius 2 is 1.65 bits per heavy atom. The van der Waals surface area contributed by atoms with E-state index in [4.69, 9.17) is 9.47 Å². The zero-order valence-corrected chi connectivity index (χ0v) is 19.1. The third-order valence-electron chi connectivity index (χ3n) is 6.08. The van der Waals surface area contributed by atoms with Gasteiger partial charge in [-0.1, -0.05) is 6.07 Å². The molecule has 1 unspecified atom stereocenters. The summed E-state index contributed by atoms with van der Waals surface area (Å²) in [5.74, 6) is 0.462. The first kappa shape index (κ1) is 22.9. The number of carbonyl (C=O) groups excluding carboxylic acids is 3. The summed E-state index contributed by atoms with van der Waals surface area (Å²) >= 11 is 0. The van der Waals surface area contributed by atoms with Crippen LogP contribution in [0.25, 0.3) is 0 Å². The largest absolute Gasteiger partial charge is 0.496 e.